The molecule has 0 saturated carbocycles. The van der Waals surface area contributed by atoms with Crippen LogP contribution in [0.2, 0.25) is 0 Å². The van der Waals surface area contributed by atoms with E-state index in [2.05, 4.69) is 0 Å². The van der Waals surface area contributed by atoms with E-state index in [-0.39, 0.29) is 36.2 Å². The Hall–Kier alpha value is -3.43. The molecule has 0 amide bonds. The molecular formula is C25H27N3O5S. The fraction of sp³-hybridized carbons (Fsp3) is 0.280. The normalized spacial score (nSPS) is 16.5. The molecule has 0 bridgehead atoms. The second-order valence-corrected chi connectivity index (χ2v) is 10.3. The van der Waals surface area contributed by atoms with E-state index in [4.69, 9.17) is 21.0 Å². The van der Waals surface area contributed by atoms with Gasteiger partial charge in [0.2, 0.25) is 10.0 Å². The fourth-order valence-corrected chi connectivity index (χ4v) is 5.96. The number of amidine groups is 1. The third-order valence-electron chi connectivity index (χ3n) is 6.07. The number of nitrogens with zero attached hydrogens (tertiary/aromatic N) is 1. The van der Waals surface area contributed by atoms with E-state index in [0.717, 1.165) is 17.2 Å². The molecule has 178 valence electrons. The number of ether oxygens (including phenoxy) is 1. The van der Waals surface area contributed by atoms with Gasteiger partial charge in [0.1, 0.15) is 18.2 Å². The summed E-state index contributed by atoms with van der Waals surface area (Å²) in [6.07, 6.45) is 1.57. The molecule has 1 heterocycles. The minimum absolute atomic E-state index is 0.0678. The van der Waals surface area contributed by atoms with Crippen LogP contribution in [0.4, 0.5) is 0 Å². The van der Waals surface area contributed by atoms with Crippen LogP contribution in [0.25, 0.3) is 10.8 Å². The Morgan fingerprint density at radius 1 is 1.12 bits per heavy atom. The number of nitrogens with two attached hydrogens (primary N) is 1. The average Bonchev–Trinajstić information content (AvgIpc) is 3.30. The van der Waals surface area contributed by atoms with E-state index >= 15 is 0 Å². The van der Waals surface area contributed by atoms with Crippen LogP contribution in [-0.2, 0) is 21.2 Å². The molecule has 0 spiro atoms. The summed E-state index contributed by atoms with van der Waals surface area (Å²) in [4.78, 5) is 11.3. The van der Waals surface area contributed by atoms with E-state index in [1.807, 2.05) is 30.3 Å². The number of carboxylic acids is 1. The summed E-state index contributed by atoms with van der Waals surface area (Å²) >= 11 is 0. The lowest BCUT2D eigenvalue weighted by atomic mass is 10.1. The van der Waals surface area contributed by atoms with Gasteiger partial charge in [0.15, 0.2) is 0 Å². The smallest absolute Gasteiger partial charge is 0.303 e. The molecule has 0 aliphatic carbocycles. The first kappa shape index (κ1) is 23.7. The molecule has 1 fully saturated rings. The summed E-state index contributed by atoms with van der Waals surface area (Å²) < 4.78 is 34.4. The van der Waals surface area contributed by atoms with Gasteiger partial charge in [0, 0.05) is 18.5 Å². The predicted molar refractivity (Wildman–Crippen MR) is 130 cm³/mol. The standard InChI is InChI=1S/C25H27N3O5S/c26-25(27)20-8-7-18(10-12-24(29)30)23(15-20)33-16-21-6-3-13-28(21)34(31,32)22-11-9-17-4-1-2-5-19(17)14-22/h1-2,4-5,7-9,11,14-15,21H,3,6,10,12-13,16H2,(H3,26,27)(H,29,30)/t21-/m1/s1. The van der Waals surface area contributed by atoms with E-state index in [0.29, 0.717) is 29.8 Å². The van der Waals surface area contributed by atoms with Gasteiger partial charge in [-0.1, -0.05) is 42.5 Å². The van der Waals surface area contributed by atoms with Gasteiger partial charge in [-0.15, -0.1) is 0 Å². The van der Waals surface area contributed by atoms with E-state index in [1.165, 1.54) is 4.31 Å². The van der Waals surface area contributed by atoms with Crippen LogP contribution in [0.5, 0.6) is 5.75 Å². The Kier molecular flexibility index (Phi) is 6.85. The van der Waals surface area contributed by atoms with Gasteiger partial charge >= 0.3 is 5.97 Å². The van der Waals surface area contributed by atoms with Gasteiger partial charge in [-0.25, -0.2) is 8.42 Å². The second-order valence-electron chi connectivity index (χ2n) is 8.36. The van der Waals surface area contributed by atoms with E-state index < -0.39 is 16.0 Å². The molecule has 0 unspecified atom stereocenters. The zero-order chi connectivity index (χ0) is 24.3. The number of aryl methyl sites for hydroxylation is 1. The van der Waals surface area contributed by atoms with Gasteiger partial charge < -0.3 is 15.6 Å². The number of carboxylic acid groups (broad SMARTS) is 1. The summed E-state index contributed by atoms with van der Waals surface area (Å²) in [5.74, 6) is -0.634. The Labute approximate surface area is 198 Å². The highest BCUT2D eigenvalue weighted by Gasteiger charge is 2.36. The van der Waals surface area contributed by atoms with Crippen LogP contribution in [0.15, 0.2) is 65.6 Å². The van der Waals surface area contributed by atoms with Crippen molar-refractivity contribution in [2.24, 2.45) is 5.73 Å². The SMILES string of the molecule is N=C(N)c1ccc(CCC(=O)O)c(OC[C@H]2CCCN2S(=O)(=O)c2ccc3ccccc3c2)c1. The minimum atomic E-state index is -3.72. The van der Waals surface area contributed by atoms with Crippen LogP contribution >= 0.6 is 0 Å². The number of fused-ring (bicyclic) bond motifs is 1. The minimum Gasteiger partial charge on any atom is -0.492 e. The number of nitrogen functional groups attached to an aromatic ring is 1. The number of hydrogen-bond donors (Lipinski definition) is 3. The third-order valence-corrected chi connectivity index (χ3v) is 8.02. The van der Waals surface area contributed by atoms with Gasteiger partial charge in [-0.3, -0.25) is 10.2 Å². The molecule has 0 radical (unpaired) electrons. The van der Waals surface area contributed by atoms with Crippen molar-refractivity contribution in [3.63, 3.8) is 0 Å². The number of aliphatic carboxylic acids is 1. The van der Waals surface area contributed by atoms with E-state index in [1.54, 1.807) is 30.3 Å². The molecule has 8 nitrogen and oxygen atoms in total. The maximum Gasteiger partial charge on any atom is 0.303 e. The van der Waals surface area contributed by atoms with Crippen molar-refractivity contribution in [3.05, 3.63) is 71.8 Å². The highest BCUT2D eigenvalue weighted by atomic mass is 32.2. The molecular weight excluding hydrogens is 454 g/mol. The molecule has 0 aromatic heterocycles. The lowest BCUT2D eigenvalue weighted by Gasteiger charge is -2.25. The molecule has 9 heteroatoms. The van der Waals surface area contributed by atoms with Crippen LogP contribution in [0, 0.1) is 5.41 Å². The van der Waals surface area contributed by atoms with Gasteiger partial charge in [-0.05, 0) is 53.8 Å². The summed E-state index contributed by atoms with van der Waals surface area (Å²) in [7, 11) is -3.72. The Bertz CT molecular complexity index is 1340. The van der Waals surface area contributed by atoms with Crippen LogP contribution < -0.4 is 10.5 Å². The predicted octanol–water partition coefficient (Wildman–Crippen LogP) is 3.37. The third kappa shape index (κ3) is 5.05. The van der Waals surface area contributed by atoms with Gasteiger partial charge in [0.25, 0.3) is 0 Å². The number of sulfonamides is 1. The quantitative estimate of drug-likeness (QED) is 0.317. The highest BCUT2D eigenvalue weighted by Crippen LogP contribution is 2.30. The monoisotopic (exact) mass is 481 g/mol. The van der Waals surface area contributed by atoms with Crippen molar-refractivity contribution < 1.29 is 23.1 Å². The van der Waals surface area contributed by atoms with Crippen LogP contribution in [-0.4, -0.2) is 48.8 Å². The Morgan fingerprint density at radius 3 is 2.62 bits per heavy atom. The first-order valence-electron chi connectivity index (χ1n) is 11.1. The molecule has 1 atom stereocenters. The number of nitrogens with one attached hydrogen (secondary N) is 1. The van der Waals surface area contributed by atoms with Crippen molar-refractivity contribution in [1.82, 2.24) is 4.31 Å². The number of benzene rings is 3. The second kappa shape index (κ2) is 9.82. The molecule has 4 rings (SSSR count). The maximum absolute atomic E-state index is 13.4. The molecule has 3 aromatic rings. The lowest BCUT2D eigenvalue weighted by Crippen LogP contribution is -2.39. The fourth-order valence-electron chi connectivity index (χ4n) is 4.25. The first-order valence-corrected chi connectivity index (χ1v) is 12.5. The molecule has 1 aliphatic rings. The molecule has 3 aromatic carbocycles. The summed E-state index contributed by atoms with van der Waals surface area (Å²) in [6, 6.07) is 17.4. The zero-order valence-corrected chi connectivity index (χ0v) is 19.4. The van der Waals surface area contributed by atoms with Gasteiger partial charge in [-0.2, -0.15) is 4.31 Å². The van der Waals surface area contributed by atoms with Crippen molar-refractivity contribution in [1.29, 1.82) is 5.41 Å². The van der Waals surface area contributed by atoms with E-state index in [9.17, 15) is 13.2 Å². The largest absolute Gasteiger partial charge is 0.492 e. The summed E-state index contributed by atoms with van der Waals surface area (Å²) in [5.41, 5.74) is 6.74. The Morgan fingerprint density at radius 2 is 1.88 bits per heavy atom. The Balaban J connectivity index is 1.55. The highest BCUT2D eigenvalue weighted by molar-refractivity contribution is 7.89. The van der Waals surface area contributed by atoms with Crippen LogP contribution in [0.1, 0.15) is 30.4 Å². The number of rotatable bonds is 9. The maximum atomic E-state index is 13.4. The lowest BCUT2D eigenvalue weighted by molar-refractivity contribution is -0.136. The molecule has 4 N–H and O–H groups in total. The average molecular weight is 482 g/mol. The molecule has 34 heavy (non-hydrogen) atoms. The van der Waals surface area contributed by atoms with Crippen molar-refractivity contribution >= 4 is 32.6 Å². The van der Waals surface area contributed by atoms with Crippen molar-refractivity contribution in [2.45, 2.75) is 36.6 Å². The summed E-state index contributed by atoms with van der Waals surface area (Å²) in [6.45, 7) is 0.525. The van der Waals surface area contributed by atoms with Crippen LogP contribution in [0.3, 0.4) is 0 Å². The first-order chi connectivity index (χ1) is 16.3. The number of hydrogen-bond acceptors (Lipinski definition) is 5. The molecule has 1 saturated heterocycles. The van der Waals surface area contributed by atoms with Crippen molar-refractivity contribution in [3.8, 4) is 5.75 Å². The summed E-state index contributed by atoms with van der Waals surface area (Å²) in [5, 5.41) is 18.6. The topological polar surface area (TPSA) is 134 Å². The van der Waals surface area contributed by atoms with Crippen molar-refractivity contribution in [2.75, 3.05) is 13.2 Å². The van der Waals surface area contributed by atoms with Gasteiger partial charge in [0.05, 0.1) is 10.9 Å². The number of carbonyl (C=O) groups is 1. The zero-order valence-electron chi connectivity index (χ0n) is 18.6. The molecule has 1 aliphatic heterocycles.